The number of aromatic amines is 2. The second-order valence-corrected chi connectivity index (χ2v) is 23.2. The van der Waals surface area contributed by atoms with Crippen molar-refractivity contribution in [2.45, 2.75) is 139 Å². The van der Waals surface area contributed by atoms with Crippen LogP contribution in [0.25, 0.3) is 21.8 Å². The molecule has 0 radical (unpaired) electrons. The molecule has 16 nitrogen and oxygen atoms in total. The molecule has 0 bridgehead atoms. The van der Waals surface area contributed by atoms with Crippen molar-refractivity contribution in [2.75, 3.05) is 32.4 Å². The van der Waals surface area contributed by atoms with Crippen LogP contribution >= 0.6 is 35.3 Å². The average molecular weight is 1160 g/mol. The van der Waals surface area contributed by atoms with E-state index in [0.717, 1.165) is 23.6 Å². The molecule has 6 atom stereocenters. The van der Waals surface area contributed by atoms with Gasteiger partial charge in [0, 0.05) is 92.9 Å². The van der Waals surface area contributed by atoms with Gasteiger partial charge in [-0.05, 0) is 112 Å². The molecule has 2 unspecified atom stereocenters. The van der Waals surface area contributed by atoms with E-state index in [1.54, 1.807) is 36.4 Å². The SMILES string of the molecule is CSF.N#C[C@H](C[C@@H]1CCCNC1=O)NC(=O)C1CC2(CCC(F)(F)CC2)CN1C(=O)c1cc2cccc(Cl)c2[nH]1.N#C[C@H](C[C@@H]1CCCNC1=O)NC(=O)C1CC2(CCC(F)(F)CC2)CN1C(=O)c1cc2cccc(Cl)c2[nH]1. The Morgan fingerprint density at radius 3 is 1.37 bits per heavy atom. The van der Waals surface area contributed by atoms with E-state index in [1.165, 1.54) is 16.1 Å². The van der Waals surface area contributed by atoms with E-state index in [9.17, 15) is 60.7 Å². The zero-order valence-electron chi connectivity index (χ0n) is 43.5. The molecule has 2 saturated carbocycles. The molecular weight excluding hydrogens is 1090 g/mol. The number of nitrogens with zero attached hydrogens (tertiary/aromatic N) is 4. The molecular formula is C55H63Cl2F5N10O6S. The molecule has 2 spiro atoms. The number of H-pyrrole nitrogens is 2. The molecule has 4 aliphatic heterocycles. The lowest BCUT2D eigenvalue weighted by Gasteiger charge is -2.36. The fourth-order valence-electron chi connectivity index (χ4n) is 12.3. The van der Waals surface area contributed by atoms with Crippen molar-refractivity contribution >= 4 is 92.6 Å². The van der Waals surface area contributed by atoms with E-state index < -0.39 is 70.5 Å². The number of alkyl halides is 4. The number of likely N-dealkylation sites (tertiary alicyclic amines) is 2. The quantitative estimate of drug-likeness (QED) is 0.0828. The van der Waals surface area contributed by atoms with Gasteiger partial charge in [0.25, 0.3) is 11.8 Å². The van der Waals surface area contributed by atoms with Gasteiger partial charge in [-0.2, -0.15) is 14.4 Å². The summed E-state index contributed by atoms with van der Waals surface area (Å²) in [6.07, 6.45) is 4.73. The molecule has 2 aromatic carbocycles. The van der Waals surface area contributed by atoms with Crippen molar-refractivity contribution < 1.29 is 50.2 Å². The number of hydrogen-bond donors (Lipinski definition) is 6. The highest BCUT2D eigenvalue weighted by molar-refractivity contribution is 7.93. The number of para-hydroxylation sites is 2. The smallest absolute Gasteiger partial charge is 0.271 e. The minimum Gasteiger partial charge on any atom is -0.356 e. The van der Waals surface area contributed by atoms with Crippen LogP contribution < -0.4 is 21.3 Å². The number of carbonyl (C=O) groups excluding carboxylic acids is 6. The molecule has 2 aliphatic carbocycles. The van der Waals surface area contributed by atoms with Crippen LogP contribution in [0.5, 0.6) is 0 Å². The monoisotopic (exact) mass is 1160 g/mol. The van der Waals surface area contributed by atoms with Crippen molar-refractivity contribution in [3.05, 3.63) is 70.0 Å². The third-order valence-electron chi connectivity index (χ3n) is 16.7. The second kappa shape index (κ2) is 24.7. The Bertz CT molecular complexity index is 2820. The number of aromatic nitrogens is 2. The van der Waals surface area contributed by atoms with Gasteiger partial charge in [-0.15, -0.1) is 0 Å². The van der Waals surface area contributed by atoms with E-state index in [0.29, 0.717) is 47.0 Å². The van der Waals surface area contributed by atoms with Gasteiger partial charge in [0.05, 0.1) is 33.2 Å². The molecule has 10 rings (SSSR count). The van der Waals surface area contributed by atoms with E-state index in [2.05, 4.69) is 43.4 Å². The third-order valence-corrected chi connectivity index (χ3v) is 17.3. The number of fused-ring (bicyclic) bond motifs is 2. The van der Waals surface area contributed by atoms with Gasteiger partial charge in [0.1, 0.15) is 35.6 Å². The zero-order chi connectivity index (χ0) is 56.9. The van der Waals surface area contributed by atoms with Gasteiger partial charge >= 0.3 is 0 Å². The predicted octanol–water partition coefficient (Wildman–Crippen LogP) is 9.55. The van der Waals surface area contributed by atoms with Crippen LogP contribution in [0.1, 0.15) is 124 Å². The summed E-state index contributed by atoms with van der Waals surface area (Å²) in [6, 6.07) is 14.4. The molecule has 6 N–H and O–H groups in total. The molecule has 6 heterocycles. The first-order valence-electron chi connectivity index (χ1n) is 26.6. The summed E-state index contributed by atoms with van der Waals surface area (Å²) in [6.45, 7) is 1.53. The van der Waals surface area contributed by atoms with Crippen molar-refractivity contribution in [1.29, 1.82) is 10.5 Å². The zero-order valence-corrected chi connectivity index (χ0v) is 45.8. The Balaban J connectivity index is 0.000000198. The van der Waals surface area contributed by atoms with Crippen molar-refractivity contribution in [2.24, 2.45) is 22.7 Å². The van der Waals surface area contributed by atoms with Gasteiger partial charge in [-0.25, -0.2) is 17.6 Å². The van der Waals surface area contributed by atoms with Crippen LogP contribution in [-0.2, 0) is 19.2 Å². The van der Waals surface area contributed by atoms with Gasteiger partial charge < -0.3 is 41.0 Å². The standard InChI is InChI=1S/2C27H30ClF2N5O3.CH3FS/c2*28-19-5-1-3-16-12-20(34-22(16)19)25(38)35-15-26(6-8-27(29,30)9-7-26)13-21(35)24(37)33-18(14-31)11-17-4-2-10-32-23(17)36;1-3-2/h2*1,3,5,12,17-18,21,34H,2,4,6-11,13,15H2,(H,32,36)(H,33,37);1H3/t2*17-,18-,21?;/m00./s1. The number of hydrogen-bond acceptors (Lipinski definition) is 9. The van der Waals surface area contributed by atoms with Gasteiger partial charge in [-0.3, -0.25) is 28.8 Å². The molecule has 24 heteroatoms. The summed E-state index contributed by atoms with van der Waals surface area (Å²) < 4.78 is 66.2. The Morgan fingerprint density at radius 1 is 0.671 bits per heavy atom. The molecule has 79 heavy (non-hydrogen) atoms. The van der Waals surface area contributed by atoms with Crippen LogP contribution in [0.4, 0.5) is 21.4 Å². The first-order chi connectivity index (χ1) is 37.6. The van der Waals surface area contributed by atoms with Crippen LogP contribution in [0.3, 0.4) is 0 Å². The average Bonchev–Trinajstić information content (AvgIpc) is 4.38. The number of amides is 6. The number of benzene rings is 2. The van der Waals surface area contributed by atoms with Crippen LogP contribution in [0.15, 0.2) is 48.5 Å². The van der Waals surface area contributed by atoms with Crippen molar-refractivity contribution in [3.8, 4) is 12.1 Å². The molecule has 6 aliphatic rings. The van der Waals surface area contributed by atoms with E-state index >= 15 is 0 Å². The lowest BCUT2D eigenvalue weighted by atomic mass is 9.71. The van der Waals surface area contributed by atoms with Crippen molar-refractivity contribution in [3.63, 3.8) is 0 Å². The van der Waals surface area contributed by atoms with Crippen LogP contribution in [0.2, 0.25) is 10.0 Å². The predicted molar refractivity (Wildman–Crippen MR) is 288 cm³/mol. The topological polar surface area (TPSA) is 236 Å². The molecule has 424 valence electrons. The second-order valence-electron chi connectivity index (χ2n) is 22.1. The Kier molecular flexibility index (Phi) is 18.5. The molecule has 4 aromatic rings. The summed E-state index contributed by atoms with van der Waals surface area (Å²) in [4.78, 5) is 87.8. The summed E-state index contributed by atoms with van der Waals surface area (Å²) in [5.74, 6) is -8.39. The molecule has 6 amide bonds. The number of carbonyl (C=O) groups is 6. The maximum Gasteiger partial charge on any atom is 0.271 e. The summed E-state index contributed by atoms with van der Waals surface area (Å²) in [5, 5.41) is 32.8. The van der Waals surface area contributed by atoms with E-state index in [4.69, 9.17) is 23.2 Å². The fourth-order valence-corrected chi connectivity index (χ4v) is 12.8. The van der Waals surface area contributed by atoms with E-state index in [1.807, 2.05) is 12.1 Å². The number of piperidine rings is 2. The molecule has 2 aromatic heterocycles. The summed E-state index contributed by atoms with van der Waals surface area (Å²) >= 11 is 12.8. The number of nitrogens with one attached hydrogen (secondary N) is 6. The summed E-state index contributed by atoms with van der Waals surface area (Å²) in [5.41, 5.74) is 0.489. The minimum atomic E-state index is -2.75. The lowest BCUT2D eigenvalue weighted by Crippen LogP contribution is -2.49. The molecule has 6 fully saturated rings. The first kappa shape index (κ1) is 59.0. The summed E-state index contributed by atoms with van der Waals surface area (Å²) in [7, 11) is 0. The highest BCUT2D eigenvalue weighted by Crippen LogP contribution is 2.52. The van der Waals surface area contributed by atoms with Gasteiger partial charge in [-0.1, -0.05) is 47.5 Å². The van der Waals surface area contributed by atoms with E-state index in [-0.39, 0.29) is 137 Å². The minimum absolute atomic E-state index is 0.136. The lowest BCUT2D eigenvalue weighted by molar-refractivity contribution is -0.128. The van der Waals surface area contributed by atoms with Crippen LogP contribution in [-0.4, -0.2) is 124 Å². The van der Waals surface area contributed by atoms with Crippen LogP contribution in [0, 0.1) is 45.3 Å². The highest BCUT2D eigenvalue weighted by Gasteiger charge is 2.55. The Morgan fingerprint density at radius 2 is 1.04 bits per heavy atom. The fraction of sp³-hybridized carbons (Fsp3) is 0.564. The Labute approximate surface area is 468 Å². The third kappa shape index (κ3) is 13.7. The number of nitriles is 2. The number of rotatable bonds is 10. The molecule has 4 saturated heterocycles. The van der Waals surface area contributed by atoms with Crippen molar-refractivity contribution in [1.82, 2.24) is 41.0 Å². The highest BCUT2D eigenvalue weighted by atomic mass is 35.5. The van der Waals surface area contributed by atoms with Gasteiger partial charge in [0.15, 0.2) is 0 Å². The largest absolute Gasteiger partial charge is 0.356 e. The number of halogens is 7. The maximum atomic E-state index is 14.0. The first-order valence-corrected chi connectivity index (χ1v) is 28.5. The normalized spacial score (nSPS) is 24.4. The Hall–Kier alpha value is -6.10. The maximum absolute atomic E-state index is 14.0. The van der Waals surface area contributed by atoms with Gasteiger partial charge in [0.2, 0.25) is 35.5 Å².